The van der Waals surface area contributed by atoms with E-state index in [1.807, 2.05) is 35.3 Å². The molecule has 0 bridgehead atoms. The number of aromatic nitrogens is 4. The van der Waals surface area contributed by atoms with Gasteiger partial charge in [-0.15, -0.1) is 0 Å². The molecule has 0 unspecified atom stereocenters. The number of para-hydroxylation sites is 1. The first kappa shape index (κ1) is 18.5. The van der Waals surface area contributed by atoms with E-state index in [2.05, 4.69) is 69.6 Å². The smallest absolute Gasteiger partial charge is 0.225 e. The molecule has 5 rings (SSSR count). The number of anilines is 1. The molecule has 0 atom stereocenters. The van der Waals surface area contributed by atoms with Crippen molar-refractivity contribution in [3.8, 4) is 16.9 Å². The van der Waals surface area contributed by atoms with Crippen LogP contribution in [0.3, 0.4) is 0 Å². The van der Waals surface area contributed by atoms with Crippen molar-refractivity contribution < 1.29 is 4.90 Å². The lowest BCUT2D eigenvalue weighted by atomic mass is 10.1. The number of nitrogens with zero attached hydrogens (tertiary/aromatic N) is 5. The van der Waals surface area contributed by atoms with Gasteiger partial charge in [0.1, 0.15) is 12.2 Å². The summed E-state index contributed by atoms with van der Waals surface area (Å²) in [6.07, 6.45) is 5.81. The SMILES string of the molecule is c1ccc(-c2nn(-c3ccccc3)cc2C[NH+]2CCN(c3ncccn3)CC2)cc1. The summed E-state index contributed by atoms with van der Waals surface area (Å²) in [4.78, 5) is 12.6. The Kier molecular flexibility index (Phi) is 5.23. The van der Waals surface area contributed by atoms with Gasteiger partial charge in [0.2, 0.25) is 5.95 Å². The number of piperazine rings is 1. The van der Waals surface area contributed by atoms with Crippen LogP contribution in [0.25, 0.3) is 16.9 Å². The van der Waals surface area contributed by atoms with Gasteiger partial charge in [0, 0.05) is 24.2 Å². The average molecular weight is 398 g/mol. The van der Waals surface area contributed by atoms with E-state index in [4.69, 9.17) is 5.10 Å². The average Bonchev–Trinajstić information content (AvgIpc) is 3.25. The second-order valence-electron chi connectivity index (χ2n) is 7.61. The Balaban J connectivity index is 1.37. The highest BCUT2D eigenvalue weighted by molar-refractivity contribution is 5.63. The van der Waals surface area contributed by atoms with Crippen LogP contribution in [0.2, 0.25) is 0 Å². The molecule has 1 N–H and O–H groups in total. The Morgan fingerprint density at radius 1 is 0.800 bits per heavy atom. The van der Waals surface area contributed by atoms with Crippen LogP contribution in [-0.2, 0) is 6.54 Å². The summed E-state index contributed by atoms with van der Waals surface area (Å²) in [5.74, 6) is 0.832. The molecule has 0 saturated carbocycles. The highest BCUT2D eigenvalue weighted by Gasteiger charge is 2.24. The second-order valence-corrected chi connectivity index (χ2v) is 7.61. The van der Waals surface area contributed by atoms with Crippen molar-refractivity contribution in [1.29, 1.82) is 0 Å². The van der Waals surface area contributed by atoms with Gasteiger partial charge in [-0.1, -0.05) is 48.5 Å². The highest BCUT2D eigenvalue weighted by atomic mass is 15.3. The molecule has 1 fully saturated rings. The molecule has 1 aliphatic heterocycles. The standard InChI is InChI=1S/C24H24N6/c1-3-8-20(9-4-1)23-21(19-30(27-23)22-10-5-2-6-11-22)18-28-14-16-29(17-15-28)24-25-12-7-13-26-24/h1-13,19H,14-18H2/p+1. The van der Waals surface area contributed by atoms with Crippen molar-refractivity contribution in [2.75, 3.05) is 31.1 Å². The molecular formula is C24H25N6+. The van der Waals surface area contributed by atoms with Gasteiger partial charge in [-0.25, -0.2) is 14.6 Å². The number of rotatable bonds is 5. The van der Waals surface area contributed by atoms with Crippen LogP contribution in [0.4, 0.5) is 5.95 Å². The summed E-state index contributed by atoms with van der Waals surface area (Å²) >= 11 is 0. The molecule has 0 spiro atoms. The fraction of sp³-hybridized carbons (Fsp3) is 0.208. The summed E-state index contributed by atoms with van der Waals surface area (Å²) in [5.41, 5.74) is 4.60. The first-order chi connectivity index (χ1) is 14.9. The maximum Gasteiger partial charge on any atom is 0.225 e. The molecule has 4 aromatic rings. The summed E-state index contributed by atoms with van der Waals surface area (Å²) in [5, 5.41) is 4.95. The van der Waals surface area contributed by atoms with Crippen LogP contribution >= 0.6 is 0 Å². The van der Waals surface area contributed by atoms with Crippen molar-refractivity contribution >= 4 is 5.95 Å². The fourth-order valence-electron chi connectivity index (χ4n) is 4.01. The van der Waals surface area contributed by atoms with Crippen molar-refractivity contribution in [2.45, 2.75) is 6.54 Å². The van der Waals surface area contributed by atoms with E-state index in [9.17, 15) is 0 Å². The maximum absolute atomic E-state index is 4.95. The van der Waals surface area contributed by atoms with E-state index >= 15 is 0 Å². The topological polar surface area (TPSA) is 51.3 Å². The van der Waals surface area contributed by atoms with E-state index in [1.54, 1.807) is 4.90 Å². The van der Waals surface area contributed by atoms with Gasteiger partial charge in [-0.3, -0.25) is 0 Å². The molecule has 1 saturated heterocycles. The van der Waals surface area contributed by atoms with Crippen molar-refractivity contribution in [2.24, 2.45) is 0 Å². The Hall–Kier alpha value is -3.51. The lowest BCUT2D eigenvalue weighted by molar-refractivity contribution is -0.914. The number of nitrogens with one attached hydrogen (secondary N) is 1. The lowest BCUT2D eigenvalue weighted by Gasteiger charge is -2.32. The molecule has 0 radical (unpaired) electrons. The molecule has 0 aliphatic carbocycles. The summed E-state index contributed by atoms with van der Waals surface area (Å²) in [6, 6.07) is 22.7. The summed E-state index contributed by atoms with van der Waals surface area (Å²) in [7, 11) is 0. The molecular weight excluding hydrogens is 372 g/mol. The largest absolute Gasteiger partial charge is 0.330 e. The number of hydrogen-bond donors (Lipinski definition) is 1. The minimum atomic E-state index is 0.832. The van der Waals surface area contributed by atoms with E-state index in [0.29, 0.717) is 0 Å². The molecule has 30 heavy (non-hydrogen) atoms. The van der Waals surface area contributed by atoms with Crippen LogP contribution < -0.4 is 9.80 Å². The van der Waals surface area contributed by atoms with E-state index in [1.165, 1.54) is 5.56 Å². The molecule has 3 heterocycles. The van der Waals surface area contributed by atoms with E-state index in [-0.39, 0.29) is 0 Å². The van der Waals surface area contributed by atoms with Gasteiger partial charge in [0.25, 0.3) is 0 Å². The van der Waals surface area contributed by atoms with Gasteiger partial charge in [0.15, 0.2) is 0 Å². The first-order valence-corrected chi connectivity index (χ1v) is 10.4. The Bertz CT molecular complexity index is 1070. The second kappa shape index (κ2) is 8.47. The van der Waals surface area contributed by atoms with Gasteiger partial charge in [-0.2, -0.15) is 5.10 Å². The third kappa shape index (κ3) is 3.95. The molecule has 6 heteroatoms. The number of hydrogen-bond acceptors (Lipinski definition) is 4. The maximum atomic E-state index is 4.95. The van der Waals surface area contributed by atoms with Gasteiger partial charge in [-0.05, 0) is 18.2 Å². The Morgan fingerprint density at radius 2 is 1.47 bits per heavy atom. The monoisotopic (exact) mass is 397 g/mol. The minimum Gasteiger partial charge on any atom is -0.330 e. The van der Waals surface area contributed by atoms with Crippen LogP contribution in [0, 0.1) is 0 Å². The third-order valence-electron chi connectivity index (χ3n) is 5.60. The molecule has 6 nitrogen and oxygen atoms in total. The quantitative estimate of drug-likeness (QED) is 0.561. The van der Waals surface area contributed by atoms with Crippen LogP contribution in [-0.4, -0.2) is 45.9 Å². The predicted octanol–water partition coefficient (Wildman–Crippen LogP) is 2.23. The molecule has 2 aromatic carbocycles. The van der Waals surface area contributed by atoms with Crippen molar-refractivity contribution in [1.82, 2.24) is 19.7 Å². The Labute approximate surface area is 176 Å². The molecule has 1 aliphatic rings. The first-order valence-electron chi connectivity index (χ1n) is 10.4. The van der Waals surface area contributed by atoms with Gasteiger partial charge in [0.05, 0.1) is 37.4 Å². The number of quaternary nitrogens is 1. The highest BCUT2D eigenvalue weighted by Crippen LogP contribution is 2.23. The number of benzene rings is 2. The van der Waals surface area contributed by atoms with E-state index < -0.39 is 0 Å². The van der Waals surface area contributed by atoms with Crippen LogP contribution in [0.5, 0.6) is 0 Å². The fourth-order valence-corrected chi connectivity index (χ4v) is 4.01. The molecule has 2 aromatic heterocycles. The zero-order valence-electron chi connectivity index (χ0n) is 16.9. The normalized spacial score (nSPS) is 14.7. The van der Waals surface area contributed by atoms with Crippen molar-refractivity contribution in [3.63, 3.8) is 0 Å². The van der Waals surface area contributed by atoms with E-state index in [0.717, 1.165) is 55.6 Å². The summed E-state index contributed by atoms with van der Waals surface area (Å²) < 4.78 is 2.01. The predicted molar refractivity (Wildman–Crippen MR) is 118 cm³/mol. The molecule has 0 amide bonds. The van der Waals surface area contributed by atoms with Crippen LogP contribution in [0.15, 0.2) is 85.3 Å². The van der Waals surface area contributed by atoms with Crippen LogP contribution in [0.1, 0.15) is 5.56 Å². The van der Waals surface area contributed by atoms with Gasteiger partial charge >= 0.3 is 0 Å². The lowest BCUT2D eigenvalue weighted by Crippen LogP contribution is -3.13. The molecule has 150 valence electrons. The summed E-state index contributed by atoms with van der Waals surface area (Å²) in [6.45, 7) is 5.01. The zero-order valence-corrected chi connectivity index (χ0v) is 16.9. The third-order valence-corrected chi connectivity index (χ3v) is 5.60. The minimum absolute atomic E-state index is 0.832. The van der Waals surface area contributed by atoms with Gasteiger partial charge < -0.3 is 9.80 Å². The Morgan fingerprint density at radius 3 is 2.17 bits per heavy atom. The zero-order chi connectivity index (χ0) is 20.2. The van der Waals surface area contributed by atoms with Crippen molar-refractivity contribution in [3.05, 3.63) is 90.9 Å².